The Hall–Kier alpha value is -1.06. The molecule has 0 saturated carbocycles. The SMILES string of the molecule is COc1ccc(C(C)C)cc1C(O)C(C)NC(C)C. The van der Waals surface area contributed by atoms with Crippen LogP contribution in [0.5, 0.6) is 5.75 Å². The van der Waals surface area contributed by atoms with Gasteiger partial charge in [-0.3, -0.25) is 0 Å². The first kappa shape index (κ1) is 16.0. The lowest BCUT2D eigenvalue weighted by atomic mass is 9.95. The second kappa shape index (κ2) is 6.92. The molecule has 0 fully saturated rings. The van der Waals surface area contributed by atoms with Gasteiger partial charge in [0.05, 0.1) is 13.2 Å². The van der Waals surface area contributed by atoms with E-state index >= 15 is 0 Å². The largest absolute Gasteiger partial charge is 0.496 e. The standard InChI is InChI=1S/C16H27NO2/c1-10(2)13-7-8-15(19-6)14(9-13)16(18)12(5)17-11(3)4/h7-12,16-18H,1-6H3. The molecular formula is C16H27NO2. The van der Waals surface area contributed by atoms with Gasteiger partial charge in [0, 0.05) is 17.6 Å². The Bertz CT molecular complexity index is 402. The van der Waals surface area contributed by atoms with Crippen molar-refractivity contribution in [3.8, 4) is 5.75 Å². The van der Waals surface area contributed by atoms with E-state index in [0.29, 0.717) is 12.0 Å². The lowest BCUT2D eigenvalue weighted by Gasteiger charge is -2.25. The van der Waals surface area contributed by atoms with Crippen LogP contribution < -0.4 is 10.1 Å². The fourth-order valence-electron chi connectivity index (χ4n) is 2.23. The normalized spacial score (nSPS) is 14.8. The van der Waals surface area contributed by atoms with E-state index in [4.69, 9.17) is 4.74 Å². The summed E-state index contributed by atoms with van der Waals surface area (Å²) in [6, 6.07) is 6.36. The van der Waals surface area contributed by atoms with Crippen LogP contribution in [-0.4, -0.2) is 24.3 Å². The highest BCUT2D eigenvalue weighted by Crippen LogP contribution is 2.30. The maximum atomic E-state index is 10.5. The van der Waals surface area contributed by atoms with Gasteiger partial charge >= 0.3 is 0 Å². The van der Waals surface area contributed by atoms with Gasteiger partial charge in [-0.15, -0.1) is 0 Å². The van der Waals surface area contributed by atoms with Crippen LogP contribution in [-0.2, 0) is 0 Å². The minimum atomic E-state index is -0.573. The quantitative estimate of drug-likeness (QED) is 0.829. The number of rotatable bonds is 6. The van der Waals surface area contributed by atoms with Crippen LogP contribution in [0.4, 0.5) is 0 Å². The van der Waals surface area contributed by atoms with Gasteiger partial charge in [0.1, 0.15) is 5.75 Å². The smallest absolute Gasteiger partial charge is 0.124 e. The van der Waals surface area contributed by atoms with Crippen LogP contribution in [0.25, 0.3) is 0 Å². The predicted molar refractivity (Wildman–Crippen MR) is 79.8 cm³/mol. The third kappa shape index (κ3) is 4.22. The number of aliphatic hydroxyl groups excluding tert-OH is 1. The fourth-order valence-corrected chi connectivity index (χ4v) is 2.23. The molecule has 0 aromatic heterocycles. The van der Waals surface area contributed by atoms with Crippen LogP contribution in [0.15, 0.2) is 18.2 Å². The number of methoxy groups -OCH3 is 1. The highest BCUT2D eigenvalue weighted by atomic mass is 16.5. The van der Waals surface area contributed by atoms with Crippen molar-refractivity contribution in [3.05, 3.63) is 29.3 Å². The Morgan fingerprint density at radius 3 is 2.21 bits per heavy atom. The van der Waals surface area contributed by atoms with Crippen molar-refractivity contribution in [1.82, 2.24) is 5.32 Å². The number of ether oxygens (including phenoxy) is 1. The number of aliphatic hydroxyl groups is 1. The summed E-state index contributed by atoms with van der Waals surface area (Å²) in [6.45, 7) is 10.4. The van der Waals surface area contributed by atoms with Crippen molar-refractivity contribution >= 4 is 0 Å². The molecular weight excluding hydrogens is 238 g/mol. The van der Waals surface area contributed by atoms with Gasteiger partial charge in [-0.2, -0.15) is 0 Å². The van der Waals surface area contributed by atoms with Crippen LogP contribution in [0.3, 0.4) is 0 Å². The van der Waals surface area contributed by atoms with E-state index in [9.17, 15) is 5.11 Å². The van der Waals surface area contributed by atoms with Crippen LogP contribution in [0.1, 0.15) is 57.8 Å². The summed E-state index contributed by atoms with van der Waals surface area (Å²) in [5.74, 6) is 1.18. The number of hydrogen-bond donors (Lipinski definition) is 2. The molecule has 0 aliphatic rings. The minimum absolute atomic E-state index is 0.0173. The second-order valence-electron chi connectivity index (χ2n) is 5.71. The maximum Gasteiger partial charge on any atom is 0.124 e. The Labute approximate surface area is 117 Å². The van der Waals surface area contributed by atoms with Gasteiger partial charge < -0.3 is 15.2 Å². The molecule has 108 valence electrons. The summed E-state index contributed by atoms with van der Waals surface area (Å²) in [5.41, 5.74) is 2.07. The van der Waals surface area contributed by atoms with E-state index in [1.54, 1.807) is 7.11 Å². The Kier molecular flexibility index (Phi) is 5.83. The first-order chi connectivity index (χ1) is 8.86. The van der Waals surface area contributed by atoms with Gasteiger partial charge in [-0.1, -0.05) is 33.8 Å². The van der Waals surface area contributed by atoms with E-state index in [1.165, 1.54) is 5.56 Å². The molecule has 0 amide bonds. The molecule has 0 aliphatic carbocycles. The summed E-state index contributed by atoms with van der Waals surface area (Å²) in [7, 11) is 1.64. The molecule has 0 heterocycles. The van der Waals surface area contributed by atoms with E-state index in [2.05, 4.69) is 39.1 Å². The first-order valence-corrected chi connectivity index (χ1v) is 6.98. The zero-order chi connectivity index (χ0) is 14.6. The summed E-state index contributed by atoms with van der Waals surface area (Å²) in [6.07, 6.45) is -0.573. The molecule has 2 N–H and O–H groups in total. The molecule has 0 spiro atoms. The molecule has 2 atom stereocenters. The molecule has 0 aliphatic heterocycles. The van der Waals surface area contributed by atoms with Crippen molar-refractivity contribution in [2.24, 2.45) is 0 Å². The lowest BCUT2D eigenvalue weighted by Crippen LogP contribution is -2.37. The van der Waals surface area contributed by atoms with E-state index < -0.39 is 6.10 Å². The average Bonchev–Trinajstić information content (AvgIpc) is 2.36. The van der Waals surface area contributed by atoms with Crippen LogP contribution in [0, 0.1) is 0 Å². The maximum absolute atomic E-state index is 10.5. The zero-order valence-corrected chi connectivity index (χ0v) is 12.9. The third-order valence-corrected chi connectivity index (χ3v) is 3.31. The van der Waals surface area contributed by atoms with E-state index in [0.717, 1.165) is 11.3 Å². The third-order valence-electron chi connectivity index (χ3n) is 3.31. The molecule has 2 unspecified atom stereocenters. The van der Waals surface area contributed by atoms with Crippen molar-refractivity contribution in [1.29, 1.82) is 0 Å². The Morgan fingerprint density at radius 1 is 1.11 bits per heavy atom. The molecule has 1 aromatic rings. The molecule has 19 heavy (non-hydrogen) atoms. The Balaban J connectivity index is 3.04. The Morgan fingerprint density at radius 2 is 1.74 bits per heavy atom. The van der Waals surface area contributed by atoms with Gasteiger partial charge in [-0.05, 0) is 30.5 Å². The monoisotopic (exact) mass is 265 g/mol. The molecule has 1 aromatic carbocycles. The van der Waals surface area contributed by atoms with Crippen molar-refractivity contribution in [2.75, 3.05) is 7.11 Å². The summed E-state index contributed by atoms with van der Waals surface area (Å²) in [5, 5.41) is 13.8. The highest BCUT2D eigenvalue weighted by molar-refractivity contribution is 5.40. The molecule has 3 heteroatoms. The van der Waals surface area contributed by atoms with Gasteiger partial charge in [0.2, 0.25) is 0 Å². The van der Waals surface area contributed by atoms with Gasteiger partial charge in [-0.25, -0.2) is 0 Å². The van der Waals surface area contributed by atoms with Gasteiger partial charge in [0.25, 0.3) is 0 Å². The summed E-state index contributed by atoms with van der Waals surface area (Å²) in [4.78, 5) is 0. The van der Waals surface area contributed by atoms with Crippen molar-refractivity contribution < 1.29 is 9.84 Å². The molecule has 0 radical (unpaired) electrons. The lowest BCUT2D eigenvalue weighted by molar-refractivity contribution is 0.128. The molecule has 0 saturated heterocycles. The first-order valence-electron chi connectivity index (χ1n) is 6.98. The molecule has 1 rings (SSSR count). The van der Waals surface area contributed by atoms with Crippen LogP contribution in [0.2, 0.25) is 0 Å². The number of hydrogen-bond acceptors (Lipinski definition) is 3. The van der Waals surface area contributed by atoms with E-state index in [-0.39, 0.29) is 6.04 Å². The fraction of sp³-hybridized carbons (Fsp3) is 0.625. The molecule has 3 nitrogen and oxygen atoms in total. The van der Waals surface area contributed by atoms with Crippen molar-refractivity contribution in [2.45, 2.75) is 58.7 Å². The summed E-state index contributed by atoms with van der Waals surface area (Å²) >= 11 is 0. The van der Waals surface area contributed by atoms with Crippen LogP contribution >= 0.6 is 0 Å². The zero-order valence-electron chi connectivity index (χ0n) is 12.9. The van der Waals surface area contributed by atoms with Gasteiger partial charge in [0.15, 0.2) is 0 Å². The second-order valence-corrected chi connectivity index (χ2v) is 5.71. The average molecular weight is 265 g/mol. The highest BCUT2D eigenvalue weighted by Gasteiger charge is 2.21. The van der Waals surface area contributed by atoms with E-state index in [1.807, 2.05) is 19.1 Å². The predicted octanol–water partition coefficient (Wildman–Crippen LogP) is 3.24. The summed E-state index contributed by atoms with van der Waals surface area (Å²) < 4.78 is 5.37. The topological polar surface area (TPSA) is 41.5 Å². The minimum Gasteiger partial charge on any atom is -0.496 e. The van der Waals surface area contributed by atoms with Crippen molar-refractivity contribution in [3.63, 3.8) is 0 Å². The molecule has 0 bridgehead atoms. The number of benzene rings is 1. The number of nitrogens with one attached hydrogen (secondary N) is 1.